The van der Waals surface area contributed by atoms with Gasteiger partial charge in [-0.25, -0.2) is 15.2 Å². The lowest BCUT2D eigenvalue weighted by Crippen LogP contribution is -2.43. The molecule has 2 aromatic carbocycles. The van der Waals surface area contributed by atoms with Crippen molar-refractivity contribution in [2.45, 2.75) is 25.5 Å². The van der Waals surface area contributed by atoms with Crippen LogP contribution in [0.2, 0.25) is 0 Å². The van der Waals surface area contributed by atoms with Gasteiger partial charge in [0.2, 0.25) is 0 Å². The molecule has 3 aromatic rings. The van der Waals surface area contributed by atoms with E-state index in [1.54, 1.807) is 5.01 Å². The summed E-state index contributed by atoms with van der Waals surface area (Å²) in [6.07, 6.45) is -4.74. The second kappa shape index (κ2) is 8.06. The van der Waals surface area contributed by atoms with Gasteiger partial charge in [-0.05, 0) is 29.8 Å². The summed E-state index contributed by atoms with van der Waals surface area (Å²) >= 11 is 0. The quantitative estimate of drug-likeness (QED) is 0.475. The third kappa shape index (κ3) is 4.71. The summed E-state index contributed by atoms with van der Waals surface area (Å²) < 4.78 is 41.6. The van der Waals surface area contributed by atoms with Gasteiger partial charge in [-0.3, -0.25) is 9.36 Å². The number of aromatic nitrogens is 2. The van der Waals surface area contributed by atoms with Crippen LogP contribution >= 0.6 is 0 Å². The SMILES string of the molecule is O=c1[nH]c2c(O)cccc2c(=O)n1CC1CN(Cc2ccc(OC(F)(F)F)cc2)NN1. The molecule has 1 saturated heterocycles. The highest BCUT2D eigenvalue weighted by Crippen LogP contribution is 2.23. The van der Waals surface area contributed by atoms with Gasteiger partial charge in [0.1, 0.15) is 11.5 Å². The van der Waals surface area contributed by atoms with E-state index in [1.807, 2.05) is 0 Å². The van der Waals surface area contributed by atoms with Crippen LogP contribution in [-0.2, 0) is 13.1 Å². The fourth-order valence-corrected chi connectivity index (χ4v) is 3.41. The Hall–Kier alpha value is -3.35. The number of ether oxygens (including phenoxy) is 1. The normalized spacial score (nSPS) is 17.3. The summed E-state index contributed by atoms with van der Waals surface area (Å²) in [5, 5.41) is 11.8. The number of rotatable bonds is 5. The Morgan fingerprint density at radius 1 is 1.13 bits per heavy atom. The van der Waals surface area contributed by atoms with E-state index in [0.717, 1.165) is 10.1 Å². The molecule has 2 heterocycles. The molecule has 1 atom stereocenters. The van der Waals surface area contributed by atoms with Crippen molar-refractivity contribution in [3.8, 4) is 11.5 Å². The van der Waals surface area contributed by atoms with E-state index in [0.29, 0.717) is 13.1 Å². The Kier molecular flexibility index (Phi) is 5.43. The predicted octanol–water partition coefficient (Wildman–Crippen LogP) is 1.19. The van der Waals surface area contributed by atoms with Crippen molar-refractivity contribution in [1.29, 1.82) is 0 Å². The zero-order chi connectivity index (χ0) is 22.2. The first-order chi connectivity index (χ1) is 14.7. The van der Waals surface area contributed by atoms with Gasteiger partial charge in [-0.2, -0.15) is 5.53 Å². The molecule has 164 valence electrons. The van der Waals surface area contributed by atoms with Crippen molar-refractivity contribution < 1.29 is 23.0 Å². The molecule has 0 amide bonds. The monoisotopic (exact) mass is 437 g/mol. The van der Waals surface area contributed by atoms with Crippen molar-refractivity contribution in [1.82, 2.24) is 25.5 Å². The van der Waals surface area contributed by atoms with Crippen molar-refractivity contribution in [2.75, 3.05) is 6.54 Å². The van der Waals surface area contributed by atoms with Crippen molar-refractivity contribution in [3.63, 3.8) is 0 Å². The standard InChI is InChI=1S/C19H18F3N5O4/c20-19(21,22)31-13-6-4-11(5-7-13)8-26-9-12(24-25-26)10-27-17(29)14-2-1-3-15(28)16(14)23-18(27)30/h1-7,12,24-25,28H,8-10H2,(H,23,30). The van der Waals surface area contributed by atoms with Gasteiger partial charge >= 0.3 is 12.1 Å². The number of nitrogens with zero attached hydrogens (tertiary/aromatic N) is 2. The molecule has 4 rings (SSSR count). The van der Waals surface area contributed by atoms with Crippen LogP contribution in [-0.4, -0.2) is 38.6 Å². The zero-order valence-corrected chi connectivity index (χ0v) is 15.9. The first-order valence-corrected chi connectivity index (χ1v) is 9.25. The fourth-order valence-electron chi connectivity index (χ4n) is 3.41. The molecule has 0 saturated carbocycles. The second-order valence-electron chi connectivity index (χ2n) is 7.07. The molecule has 1 aromatic heterocycles. The van der Waals surface area contributed by atoms with Crippen LogP contribution in [0.3, 0.4) is 0 Å². The summed E-state index contributed by atoms with van der Waals surface area (Å²) in [7, 11) is 0. The summed E-state index contributed by atoms with van der Waals surface area (Å²) in [4.78, 5) is 27.5. The van der Waals surface area contributed by atoms with E-state index >= 15 is 0 Å². The van der Waals surface area contributed by atoms with Gasteiger partial charge in [0, 0.05) is 19.6 Å². The number of para-hydroxylation sites is 1. The Morgan fingerprint density at radius 3 is 2.58 bits per heavy atom. The molecule has 4 N–H and O–H groups in total. The Balaban J connectivity index is 1.42. The highest BCUT2D eigenvalue weighted by atomic mass is 19.4. The summed E-state index contributed by atoms with van der Waals surface area (Å²) in [5.74, 6) is -0.486. The van der Waals surface area contributed by atoms with Crippen LogP contribution in [0, 0.1) is 0 Å². The molecule has 0 aliphatic carbocycles. The number of aromatic amines is 1. The van der Waals surface area contributed by atoms with Crippen molar-refractivity contribution in [3.05, 3.63) is 68.9 Å². The topological polar surface area (TPSA) is 112 Å². The van der Waals surface area contributed by atoms with Crippen LogP contribution in [0.1, 0.15) is 5.56 Å². The minimum absolute atomic E-state index is 0.0711. The largest absolute Gasteiger partial charge is 0.573 e. The lowest BCUT2D eigenvalue weighted by Gasteiger charge is -2.15. The van der Waals surface area contributed by atoms with Crippen LogP contribution in [0.15, 0.2) is 52.1 Å². The van der Waals surface area contributed by atoms with Gasteiger partial charge in [0.05, 0.1) is 16.9 Å². The molecule has 12 heteroatoms. The third-order valence-electron chi connectivity index (χ3n) is 4.80. The van der Waals surface area contributed by atoms with Crippen LogP contribution in [0.4, 0.5) is 13.2 Å². The first-order valence-electron chi connectivity index (χ1n) is 9.25. The summed E-state index contributed by atoms with van der Waals surface area (Å²) in [6, 6.07) is 9.61. The summed E-state index contributed by atoms with van der Waals surface area (Å²) in [6.45, 7) is 0.860. The molecule has 1 fully saturated rings. The number of H-pyrrole nitrogens is 1. The zero-order valence-electron chi connectivity index (χ0n) is 15.9. The number of halogens is 3. The van der Waals surface area contributed by atoms with Gasteiger partial charge in [-0.1, -0.05) is 18.2 Å². The predicted molar refractivity (Wildman–Crippen MR) is 104 cm³/mol. The number of aromatic hydroxyl groups is 1. The van der Waals surface area contributed by atoms with E-state index in [9.17, 15) is 27.9 Å². The van der Waals surface area contributed by atoms with E-state index in [1.165, 1.54) is 42.5 Å². The van der Waals surface area contributed by atoms with Gasteiger partial charge in [0.25, 0.3) is 5.56 Å². The number of hydrogen-bond donors (Lipinski definition) is 4. The van der Waals surface area contributed by atoms with Gasteiger partial charge < -0.3 is 14.8 Å². The number of nitrogens with one attached hydrogen (secondary N) is 3. The fraction of sp³-hybridized carbons (Fsp3) is 0.263. The first kappa shape index (κ1) is 20.9. The van der Waals surface area contributed by atoms with Crippen molar-refractivity contribution in [2.24, 2.45) is 0 Å². The number of phenols is 1. The second-order valence-corrected chi connectivity index (χ2v) is 7.07. The number of alkyl halides is 3. The number of hydrazine groups is 2. The van der Waals surface area contributed by atoms with E-state index < -0.39 is 17.6 Å². The van der Waals surface area contributed by atoms with Crippen LogP contribution in [0.5, 0.6) is 11.5 Å². The van der Waals surface area contributed by atoms with Crippen molar-refractivity contribution >= 4 is 10.9 Å². The van der Waals surface area contributed by atoms with Gasteiger partial charge in [-0.15, -0.1) is 13.2 Å². The molecule has 0 spiro atoms. The molecule has 9 nitrogen and oxygen atoms in total. The Labute approximate surface area is 172 Å². The third-order valence-corrected chi connectivity index (χ3v) is 4.80. The van der Waals surface area contributed by atoms with E-state index in [-0.39, 0.29) is 35.0 Å². The molecule has 0 radical (unpaired) electrons. The Morgan fingerprint density at radius 2 is 1.87 bits per heavy atom. The molecule has 1 unspecified atom stereocenters. The maximum absolute atomic E-state index is 12.7. The lowest BCUT2D eigenvalue weighted by molar-refractivity contribution is -0.274. The number of hydrogen-bond acceptors (Lipinski definition) is 7. The maximum Gasteiger partial charge on any atom is 0.573 e. The van der Waals surface area contributed by atoms with E-state index in [2.05, 4.69) is 20.7 Å². The van der Waals surface area contributed by atoms with Gasteiger partial charge in [0.15, 0.2) is 0 Å². The average Bonchev–Trinajstić information content (AvgIpc) is 3.13. The molecular formula is C19H18F3N5O4. The van der Waals surface area contributed by atoms with Crippen LogP contribution in [0.25, 0.3) is 10.9 Å². The van der Waals surface area contributed by atoms with Crippen LogP contribution < -0.4 is 26.9 Å². The summed E-state index contributed by atoms with van der Waals surface area (Å²) in [5.41, 5.74) is 5.56. The molecule has 1 aliphatic rings. The minimum Gasteiger partial charge on any atom is -0.506 e. The lowest BCUT2D eigenvalue weighted by atomic mass is 10.2. The number of benzene rings is 2. The Bertz CT molecular complexity index is 1210. The average molecular weight is 437 g/mol. The molecule has 1 aliphatic heterocycles. The highest BCUT2D eigenvalue weighted by Gasteiger charge is 2.31. The molecule has 0 bridgehead atoms. The maximum atomic E-state index is 12.7. The molecule has 31 heavy (non-hydrogen) atoms. The number of fused-ring (bicyclic) bond motifs is 1. The van der Waals surface area contributed by atoms with E-state index in [4.69, 9.17) is 0 Å². The molecular weight excluding hydrogens is 419 g/mol. The highest BCUT2D eigenvalue weighted by molar-refractivity contribution is 5.82. The minimum atomic E-state index is -4.74. The number of phenolic OH excluding ortho intramolecular Hbond substituents is 1. The smallest absolute Gasteiger partial charge is 0.506 e.